The second kappa shape index (κ2) is 16.5. The van der Waals surface area contributed by atoms with Crippen LogP contribution in [0.15, 0.2) is 12.4 Å². The summed E-state index contributed by atoms with van der Waals surface area (Å²) in [6.07, 6.45) is 27.7. The molecule has 0 bridgehead atoms. The predicted molar refractivity (Wildman–Crippen MR) is 117 cm³/mol. The summed E-state index contributed by atoms with van der Waals surface area (Å²) < 4.78 is 0. The molecule has 0 radical (unpaired) electrons. The Bertz CT molecular complexity index is 326. The summed E-state index contributed by atoms with van der Waals surface area (Å²) in [5.74, 6) is 0. The van der Waals surface area contributed by atoms with Crippen LogP contribution in [-0.2, 0) is 0 Å². The van der Waals surface area contributed by atoms with E-state index in [1.807, 2.05) is 0 Å². The number of rotatable bonds is 18. The third kappa shape index (κ3) is 10.5. The molecule has 0 fully saturated rings. The van der Waals surface area contributed by atoms with Gasteiger partial charge < -0.3 is 9.80 Å². The monoisotopic (exact) mass is 364 g/mol. The molecular formula is C24H48N2. The molecule has 2 nitrogen and oxygen atoms in total. The van der Waals surface area contributed by atoms with Gasteiger partial charge in [-0.15, -0.1) is 0 Å². The minimum absolute atomic E-state index is 0.646. The summed E-state index contributed by atoms with van der Waals surface area (Å²) in [6.45, 7) is 9.39. The molecule has 0 amide bonds. The summed E-state index contributed by atoms with van der Waals surface area (Å²) in [7, 11) is 0. The average molecular weight is 365 g/mol. The first-order valence-corrected chi connectivity index (χ1v) is 12.0. The van der Waals surface area contributed by atoms with E-state index < -0.39 is 0 Å². The molecule has 1 atom stereocenters. The normalized spacial score (nSPS) is 16.8. The average Bonchev–Trinajstić information content (AvgIpc) is 3.04. The molecule has 1 heterocycles. The molecule has 1 rings (SSSR count). The number of hydrogen-bond donors (Lipinski definition) is 0. The lowest BCUT2D eigenvalue weighted by molar-refractivity contribution is 0.136. The van der Waals surface area contributed by atoms with Crippen LogP contribution in [0, 0.1) is 0 Å². The van der Waals surface area contributed by atoms with Gasteiger partial charge in [-0.25, -0.2) is 0 Å². The fraction of sp³-hybridized carbons (Fsp3) is 0.917. The lowest BCUT2D eigenvalue weighted by atomic mass is 10.1. The Morgan fingerprint density at radius 3 is 1.46 bits per heavy atom. The first-order valence-electron chi connectivity index (χ1n) is 12.0. The van der Waals surface area contributed by atoms with Gasteiger partial charge in [-0.1, -0.05) is 97.8 Å². The Balaban J connectivity index is 2.21. The molecule has 0 spiro atoms. The van der Waals surface area contributed by atoms with E-state index in [9.17, 15) is 0 Å². The van der Waals surface area contributed by atoms with E-state index in [4.69, 9.17) is 0 Å². The van der Waals surface area contributed by atoms with Crippen LogP contribution in [0.2, 0.25) is 0 Å². The van der Waals surface area contributed by atoms with Crippen molar-refractivity contribution < 1.29 is 0 Å². The molecule has 0 N–H and O–H groups in total. The zero-order chi connectivity index (χ0) is 18.9. The molecule has 1 unspecified atom stereocenters. The van der Waals surface area contributed by atoms with Gasteiger partial charge in [0.2, 0.25) is 0 Å². The fourth-order valence-corrected chi connectivity index (χ4v) is 4.04. The zero-order valence-corrected chi connectivity index (χ0v) is 18.4. The van der Waals surface area contributed by atoms with Gasteiger partial charge in [0.25, 0.3) is 0 Å². The molecule has 26 heavy (non-hydrogen) atoms. The number of nitrogens with zero attached hydrogens (tertiary/aromatic N) is 2. The van der Waals surface area contributed by atoms with E-state index in [1.165, 1.54) is 116 Å². The van der Waals surface area contributed by atoms with Crippen molar-refractivity contribution in [3.05, 3.63) is 12.4 Å². The van der Waals surface area contributed by atoms with Crippen molar-refractivity contribution in [2.45, 2.75) is 130 Å². The van der Waals surface area contributed by atoms with Gasteiger partial charge in [-0.2, -0.15) is 0 Å². The van der Waals surface area contributed by atoms with Crippen molar-refractivity contribution in [2.75, 3.05) is 13.1 Å². The molecule has 154 valence electrons. The second-order valence-corrected chi connectivity index (χ2v) is 8.29. The van der Waals surface area contributed by atoms with E-state index >= 15 is 0 Å². The quantitative estimate of drug-likeness (QED) is 0.230. The zero-order valence-electron chi connectivity index (χ0n) is 18.4. The van der Waals surface area contributed by atoms with Crippen molar-refractivity contribution >= 4 is 0 Å². The molecule has 1 aliphatic heterocycles. The Morgan fingerprint density at radius 2 is 0.923 bits per heavy atom. The third-order valence-electron chi connectivity index (χ3n) is 5.82. The van der Waals surface area contributed by atoms with Crippen LogP contribution in [0.1, 0.15) is 124 Å². The third-order valence-corrected chi connectivity index (χ3v) is 5.82. The number of unbranched alkanes of at least 4 members (excludes halogenated alkanes) is 12. The minimum Gasteiger partial charge on any atom is -0.356 e. The van der Waals surface area contributed by atoms with Gasteiger partial charge >= 0.3 is 0 Å². The van der Waals surface area contributed by atoms with Gasteiger partial charge in [0.05, 0.1) is 0 Å². The van der Waals surface area contributed by atoms with Crippen molar-refractivity contribution in [2.24, 2.45) is 0 Å². The maximum absolute atomic E-state index is 2.63. The molecular weight excluding hydrogens is 316 g/mol. The molecule has 0 aromatic carbocycles. The highest BCUT2D eigenvalue weighted by Crippen LogP contribution is 2.23. The van der Waals surface area contributed by atoms with Gasteiger partial charge in [0.15, 0.2) is 0 Å². The Morgan fingerprint density at radius 1 is 0.500 bits per heavy atom. The van der Waals surface area contributed by atoms with Crippen LogP contribution >= 0.6 is 0 Å². The van der Waals surface area contributed by atoms with Gasteiger partial charge in [-0.3, -0.25) is 0 Å². The van der Waals surface area contributed by atoms with E-state index in [0.717, 1.165) is 0 Å². The Kier molecular flexibility index (Phi) is 14.8. The first kappa shape index (κ1) is 23.4. The lowest BCUT2D eigenvalue weighted by Crippen LogP contribution is -2.39. The molecule has 2 heteroatoms. The summed E-state index contributed by atoms with van der Waals surface area (Å²) in [5, 5.41) is 0. The predicted octanol–water partition coefficient (Wildman–Crippen LogP) is 7.70. The van der Waals surface area contributed by atoms with Crippen LogP contribution in [0.3, 0.4) is 0 Å². The molecule has 0 aromatic heterocycles. The van der Waals surface area contributed by atoms with Crippen molar-refractivity contribution in [1.82, 2.24) is 9.80 Å². The second-order valence-electron chi connectivity index (χ2n) is 8.29. The molecule has 0 saturated carbocycles. The topological polar surface area (TPSA) is 6.48 Å². The molecule has 0 aliphatic carbocycles. The van der Waals surface area contributed by atoms with Gasteiger partial charge in [0.1, 0.15) is 6.17 Å². The number of hydrogen-bond acceptors (Lipinski definition) is 2. The van der Waals surface area contributed by atoms with Crippen LogP contribution in [0.25, 0.3) is 0 Å². The van der Waals surface area contributed by atoms with Crippen LogP contribution in [0.4, 0.5) is 0 Å². The highest BCUT2D eigenvalue weighted by Gasteiger charge is 2.24. The summed E-state index contributed by atoms with van der Waals surface area (Å²) in [5.41, 5.74) is 0. The van der Waals surface area contributed by atoms with Crippen molar-refractivity contribution in [1.29, 1.82) is 0 Å². The maximum atomic E-state index is 2.63. The SMILES string of the molecule is CCCCCCCCCCCC1N(CCCC)C=CN1CCCCCC. The summed E-state index contributed by atoms with van der Waals surface area (Å²) in [6, 6.07) is 0. The van der Waals surface area contributed by atoms with Crippen LogP contribution < -0.4 is 0 Å². The first-order chi connectivity index (χ1) is 12.8. The fourth-order valence-electron chi connectivity index (χ4n) is 4.04. The van der Waals surface area contributed by atoms with Crippen molar-refractivity contribution in [3.63, 3.8) is 0 Å². The smallest absolute Gasteiger partial charge is 0.101 e. The van der Waals surface area contributed by atoms with E-state index in [0.29, 0.717) is 6.17 Å². The Labute approximate surface area is 165 Å². The summed E-state index contributed by atoms with van der Waals surface area (Å²) in [4.78, 5) is 5.25. The van der Waals surface area contributed by atoms with E-state index in [-0.39, 0.29) is 0 Å². The van der Waals surface area contributed by atoms with Crippen LogP contribution in [-0.4, -0.2) is 29.1 Å². The van der Waals surface area contributed by atoms with E-state index in [1.54, 1.807) is 0 Å². The Hall–Kier alpha value is -0.660. The van der Waals surface area contributed by atoms with E-state index in [2.05, 4.69) is 43.0 Å². The van der Waals surface area contributed by atoms with Gasteiger partial charge in [-0.05, 0) is 25.7 Å². The lowest BCUT2D eigenvalue weighted by Gasteiger charge is -2.33. The highest BCUT2D eigenvalue weighted by atomic mass is 15.4. The maximum Gasteiger partial charge on any atom is 0.101 e. The standard InChI is InChI=1S/C24H48N2/c1-4-7-10-12-13-14-15-16-17-19-24-25(20-9-6-3)22-23-26(24)21-18-11-8-5-2/h22-24H,4-21H2,1-3H3. The molecule has 0 saturated heterocycles. The summed E-state index contributed by atoms with van der Waals surface area (Å²) >= 11 is 0. The van der Waals surface area contributed by atoms with Crippen LogP contribution in [0.5, 0.6) is 0 Å². The molecule has 1 aliphatic rings. The van der Waals surface area contributed by atoms with Gasteiger partial charge in [0, 0.05) is 25.5 Å². The molecule has 0 aromatic rings. The minimum atomic E-state index is 0.646. The van der Waals surface area contributed by atoms with Crippen molar-refractivity contribution in [3.8, 4) is 0 Å². The highest BCUT2D eigenvalue weighted by molar-refractivity contribution is 4.96. The largest absolute Gasteiger partial charge is 0.356 e.